The summed E-state index contributed by atoms with van der Waals surface area (Å²) >= 11 is 5.50. The van der Waals surface area contributed by atoms with Crippen molar-refractivity contribution in [3.63, 3.8) is 0 Å². The topological polar surface area (TPSA) is 58.3 Å². The van der Waals surface area contributed by atoms with Crippen LogP contribution in [-0.4, -0.2) is 39.1 Å². The third kappa shape index (κ3) is 2.05. The molecule has 3 atom stereocenters. The molecule has 0 aliphatic carbocycles. The Bertz CT molecular complexity index is 783. The summed E-state index contributed by atoms with van der Waals surface area (Å²) in [6.07, 6.45) is -0.532. The van der Waals surface area contributed by atoms with Crippen LogP contribution in [0.3, 0.4) is 0 Å². The SMILES string of the molecule is Cn1c(-c2ccccc2)nn([C@H]2CC(=O)[C@H]3OC[C@H]2O3)c1=S. The number of Topliss-reactive ketones (excluding diaryl/α,β-unsaturated/α-hetero) is 1. The van der Waals surface area contributed by atoms with Crippen LogP contribution in [0.15, 0.2) is 30.3 Å². The quantitative estimate of drug-likeness (QED) is 0.792. The molecule has 22 heavy (non-hydrogen) atoms. The van der Waals surface area contributed by atoms with Gasteiger partial charge < -0.3 is 14.0 Å². The second-order valence-electron chi connectivity index (χ2n) is 5.55. The number of ether oxygens (including phenoxy) is 2. The number of hydrogen-bond acceptors (Lipinski definition) is 5. The summed E-state index contributed by atoms with van der Waals surface area (Å²) in [4.78, 5) is 12.0. The minimum Gasteiger partial charge on any atom is -0.343 e. The highest BCUT2D eigenvalue weighted by Crippen LogP contribution is 2.33. The second kappa shape index (κ2) is 5.12. The van der Waals surface area contributed by atoms with Crippen molar-refractivity contribution in [3.8, 4) is 11.4 Å². The molecule has 0 unspecified atom stereocenters. The van der Waals surface area contributed by atoms with Gasteiger partial charge in [0, 0.05) is 19.0 Å². The van der Waals surface area contributed by atoms with Crippen LogP contribution in [0.4, 0.5) is 0 Å². The van der Waals surface area contributed by atoms with Crippen molar-refractivity contribution in [1.29, 1.82) is 0 Å². The van der Waals surface area contributed by atoms with E-state index in [0.29, 0.717) is 17.8 Å². The van der Waals surface area contributed by atoms with Gasteiger partial charge in [-0.25, -0.2) is 4.68 Å². The molecule has 0 amide bonds. The van der Waals surface area contributed by atoms with E-state index in [1.54, 1.807) is 4.68 Å². The first-order valence-electron chi connectivity index (χ1n) is 7.16. The normalized spacial score (nSPS) is 27.3. The number of hydrogen-bond donors (Lipinski definition) is 0. The van der Waals surface area contributed by atoms with Gasteiger partial charge in [0.15, 0.2) is 16.4 Å². The highest BCUT2D eigenvalue weighted by molar-refractivity contribution is 7.71. The number of rotatable bonds is 2. The summed E-state index contributed by atoms with van der Waals surface area (Å²) in [5.41, 5.74) is 0.985. The van der Waals surface area contributed by atoms with Crippen LogP contribution < -0.4 is 0 Å². The fraction of sp³-hybridized carbons (Fsp3) is 0.400. The molecule has 0 spiro atoms. The Kier molecular flexibility index (Phi) is 3.21. The van der Waals surface area contributed by atoms with Crippen LogP contribution in [0.2, 0.25) is 0 Å². The van der Waals surface area contributed by atoms with Gasteiger partial charge in [-0.2, -0.15) is 5.10 Å². The van der Waals surface area contributed by atoms with E-state index in [4.69, 9.17) is 21.7 Å². The van der Waals surface area contributed by atoms with Gasteiger partial charge in [0.05, 0.1) is 12.6 Å². The Hall–Kier alpha value is -1.83. The standard InChI is InChI=1S/C15H15N3O3S/c1-17-13(9-5-3-2-4-6-9)16-18(15(17)22)10-7-11(19)14-20-8-12(10)21-14/h2-6,10,12,14H,7-8H2,1H3/t10-,12+,14-/m0/s1. The first-order valence-corrected chi connectivity index (χ1v) is 7.56. The lowest BCUT2D eigenvalue weighted by atomic mass is 10.0. The van der Waals surface area contributed by atoms with E-state index in [1.165, 1.54) is 0 Å². The summed E-state index contributed by atoms with van der Waals surface area (Å²) in [7, 11) is 1.88. The van der Waals surface area contributed by atoms with E-state index in [-0.39, 0.29) is 17.9 Å². The largest absolute Gasteiger partial charge is 0.343 e. The van der Waals surface area contributed by atoms with Crippen molar-refractivity contribution in [3.05, 3.63) is 35.1 Å². The van der Waals surface area contributed by atoms with Crippen LogP contribution in [0.1, 0.15) is 12.5 Å². The Morgan fingerprint density at radius 1 is 1.32 bits per heavy atom. The van der Waals surface area contributed by atoms with Gasteiger partial charge in [-0.3, -0.25) is 4.79 Å². The Labute approximate surface area is 132 Å². The lowest BCUT2D eigenvalue weighted by Gasteiger charge is -2.26. The molecule has 2 fully saturated rings. The second-order valence-corrected chi connectivity index (χ2v) is 5.92. The Morgan fingerprint density at radius 2 is 2.09 bits per heavy atom. The molecule has 3 heterocycles. The van der Waals surface area contributed by atoms with Crippen LogP contribution in [0.25, 0.3) is 11.4 Å². The zero-order valence-corrected chi connectivity index (χ0v) is 12.8. The van der Waals surface area contributed by atoms with Crippen LogP contribution in [0.5, 0.6) is 0 Å². The minimum atomic E-state index is -0.701. The fourth-order valence-electron chi connectivity index (χ4n) is 2.98. The van der Waals surface area contributed by atoms with Crippen LogP contribution >= 0.6 is 12.2 Å². The lowest BCUT2D eigenvalue weighted by Crippen LogP contribution is -2.37. The van der Waals surface area contributed by atoms with E-state index in [0.717, 1.165) is 11.4 Å². The summed E-state index contributed by atoms with van der Waals surface area (Å²) < 4.78 is 15.1. The summed E-state index contributed by atoms with van der Waals surface area (Å²) in [5, 5.41) is 4.64. The molecule has 2 bridgehead atoms. The predicted octanol–water partition coefficient (Wildman–Crippen LogP) is 1.87. The first kappa shape index (κ1) is 13.8. The highest BCUT2D eigenvalue weighted by Gasteiger charge is 2.45. The maximum absolute atomic E-state index is 12.0. The van der Waals surface area contributed by atoms with E-state index in [1.807, 2.05) is 41.9 Å². The molecular weight excluding hydrogens is 302 g/mol. The molecule has 2 saturated heterocycles. The average Bonchev–Trinajstić information content (AvgIpc) is 3.09. The van der Waals surface area contributed by atoms with Gasteiger partial charge in [0.1, 0.15) is 6.10 Å². The monoisotopic (exact) mass is 317 g/mol. The maximum Gasteiger partial charge on any atom is 0.218 e. The Morgan fingerprint density at radius 3 is 2.86 bits per heavy atom. The van der Waals surface area contributed by atoms with Crippen molar-refractivity contribution in [2.24, 2.45) is 7.05 Å². The molecule has 1 aromatic carbocycles. The highest BCUT2D eigenvalue weighted by atomic mass is 32.1. The molecule has 4 rings (SSSR count). The molecule has 7 heteroatoms. The number of carbonyl (C=O) groups is 1. The minimum absolute atomic E-state index is 0.0486. The number of ketones is 1. The van der Waals surface area contributed by atoms with Crippen molar-refractivity contribution in [2.75, 3.05) is 6.61 Å². The summed E-state index contributed by atoms with van der Waals surface area (Å²) in [6, 6.07) is 9.64. The number of benzene rings is 1. The van der Waals surface area contributed by atoms with E-state index < -0.39 is 6.29 Å². The lowest BCUT2D eigenvalue weighted by molar-refractivity contribution is -0.156. The number of fused-ring (bicyclic) bond motifs is 2. The van der Waals surface area contributed by atoms with Gasteiger partial charge in [-0.15, -0.1) is 0 Å². The molecular formula is C15H15N3O3S. The first-order chi connectivity index (χ1) is 10.6. The molecule has 1 aromatic heterocycles. The summed E-state index contributed by atoms with van der Waals surface area (Å²) in [5.74, 6) is 0.728. The number of nitrogens with zero attached hydrogens (tertiary/aromatic N) is 3. The molecule has 0 saturated carbocycles. The van der Waals surface area contributed by atoms with Crippen molar-refractivity contribution >= 4 is 18.0 Å². The maximum atomic E-state index is 12.0. The zero-order valence-electron chi connectivity index (χ0n) is 12.0. The molecule has 114 valence electrons. The van der Waals surface area contributed by atoms with Crippen LogP contribution in [-0.2, 0) is 21.3 Å². The third-order valence-corrected chi connectivity index (χ3v) is 4.62. The van der Waals surface area contributed by atoms with Crippen molar-refractivity contribution in [2.45, 2.75) is 24.9 Å². The van der Waals surface area contributed by atoms with Gasteiger partial charge in [-0.1, -0.05) is 30.3 Å². The number of aromatic nitrogens is 3. The van der Waals surface area contributed by atoms with E-state index in [2.05, 4.69) is 5.10 Å². The number of carbonyl (C=O) groups excluding carboxylic acids is 1. The molecule has 2 aliphatic heterocycles. The Balaban J connectivity index is 1.77. The smallest absolute Gasteiger partial charge is 0.218 e. The zero-order chi connectivity index (χ0) is 15.3. The van der Waals surface area contributed by atoms with Gasteiger partial charge >= 0.3 is 0 Å². The van der Waals surface area contributed by atoms with E-state index in [9.17, 15) is 4.79 Å². The molecule has 2 aliphatic rings. The predicted molar refractivity (Wildman–Crippen MR) is 80.7 cm³/mol. The van der Waals surface area contributed by atoms with E-state index >= 15 is 0 Å². The van der Waals surface area contributed by atoms with Crippen molar-refractivity contribution < 1.29 is 14.3 Å². The van der Waals surface area contributed by atoms with Crippen molar-refractivity contribution in [1.82, 2.24) is 14.3 Å². The molecule has 0 N–H and O–H groups in total. The molecule has 0 radical (unpaired) electrons. The average molecular weight is 317 g/mol. The fourth-order valence-corrected chi connectivity index (χ4v) is 3.24. The van der Waals surface area contributed by atoms with Crippen LogP contribution in [0, 0.1) is 4.77 Å². The van der Waals surface area contributed by atoms with Gasteiger partial charge in [-0.05, 0) is 12.2 Å². The van der Waals surface area contributed by atoms with Gasteiger partial charge in [0.25, 0.3) is 0 Å². The molecule has 2 aromatic rings. The van der Waals surface area contributed by atoms with Gasteiger partial charge in [0.2, 0.25) is 6.29 Å². The summed E-state index contributed by atoms with van der Waals surface area (Å²) in [6.45, 7) is 0.403. The molecule has 6 nitrogen and oxygen atoms in total. The third-order valence-electron chi connectivity index (χ3n) is 4.16.